The Hall–Kier alpha value is -3.20. The van der Waals surface area contributed by atoms with Crippen LogP contribution in [0.2, 0.25) is 0 Å². The fourth-order valence-electron chi connectivity index (χ4n) is 9.73. The molecule has 0 radical (unpaired) electrons. The smallest absolute Gasteiger partial charge is 0.311 e. The van der Waals surface area contributed by atoms with Crippen molar-refractivity contribution >= 4 is 28.4 Å². The van der Waals surface area contributed by atoms with Gasteiger partial charge in [-0.25, -0.2) is 0 Å². The highest BCUT2D eigenvalue weighted by atomic mass is 16.7. The largest absolute Gasteiger partial charge is 0.459 e. The summed E-state index contributed by atoms with van der Waals surface area (Å²) in [5.41, 5.74) is -4.24. The molecule has 0 saturated carbocycles. The lowest BCUT2D eigenvalue weighted by Gasteiger charge is -2.47. The van der Waals surface area contributed by atoms with E-state index in [0.29, 0.717) is 12.8 Å². The molecule has 0 spiro atoms. The van der Waals surface area contributed by atoms with Crippen molar-refractivity contribution < 1.29 is 68.3 Å². The Labute approximate surface area is 383 Å². The van der Waals surface area contributed by atoms with Crippen molar-refractivity contribution in [3.63, 3.8) is 0 Å². The average Bonchev–Trinajstić information content (AvgIpc) is 3.25. The molecule has 3 aliphatic rings. The lowest BCUT2D eigenvalue weighted by molar-refractivity contribution is -0.308. The number of ether oxygens (including phenoxy) is 6. The Morgan fingerprint density at radius 2 is 1.62 bits per heavy atom. The van der Waals surface area contributed by atoms with Crippen molar-refractivity contribution in [3.8, 4) is 0 Å². The minimum Gasteiger partial charge on any atom is -0.459 e. The van der Waals surface area contributed by atoms with Gasteiger partial charge in [0.2, 0.25) is 5.91 Å². The highest BCUT2D eigenvalue weighted by Crippen LogP contribution is 2.39. The molecular formula is C48H75N3O14. The topological polar surface area (TPSA) is 236 Å². The molecule has 17 heteroatoms. The maximum absolute atomic E-state index is 14.5. The number of pyridine rings is 1. The number of benzene rings is 1. The van der Waals surface area contributed by atoms with Crippen LogP contribution >= 0.6 is 0 Å². The lowest BCUT2D eigenvalue weighted by atomic mass is 9.76. The number of nitrogens with one attached hydrogen (secondary N) is 1. The van der Waals surface area contributed by atoms with E-state index in [0.717, 1.165) is 16.3 Å². The van der Waals surface area contributed by atoms with Gasteiger partial charge in [0.25, 0.3) is 0 Å². The molecule has 17 nitrogen and oxygen atoms in total. The zero-order valence-electron chi connectivity index (χ0n) is 40.0. The van der Waals surface area contributed by atoms with Gasteiger partial charge in [-0.05, 0) is 85.8 Å². The van der Waals surface area contributed by atoms with Gasteiger partial charge in [-0.3, -0.25) is 19.4 Å². The molecule has 8 unspecified atom stereocenters. The Bertz CT molecular complexity index is 1910. The molecule has 65 heavy (non-hydrogen) atoms. The molecule has 2 aromatic rings. The number of cyclic esters (lactones) is 1. The third-order valence-corrected chi connectivity index (χ3v) is 14.2. The molecule has 0 bridgehead atoms. The number of aliphatic hydroxyl groups excluding tert-OH is 3. The van der Waals surface area contributed by atoms with Gasteiger partial charge in [-0.2, -0.15) is 0 Å². The summed E-state index contributed by atoms with van der Waals surface area (Å²) >= 11 is 0. The number of aliphatic hydroxyl groups is 5. The van der Waals surface area contributed by atoms with Crippen LogP contribution in [-0.4, -0.2) is 165 Å². The maximum Gasteiger partial charge on any atom is 0.311 e. The molecule has 4 heterocycles. The van der Waals surface area contributed by atoms with Crippen molar-refractivity contribution in [2.24, 2.45) is 17.8 Å². The number of likely N-dealkylation sites (N-methyl/N-ethyl adjacent to an activating group) is 1. The van der Waals surface area contributed by atoms with Crippen molar-refractivity contribution in [2.75, 3.05) is 27.7 Å². The molecular weight excluding hydrogens is 843 g/mol. The summed E-state index contributed by atoms with van der Waals surface area (Å²) in [5, 5.41) is 63.6. The summed E-state index contributed by atoms with van der Waals surface area (Å²) in [5.74, 6) is -4.90. The van der Waals surface area contributed by atoms with E-state index in [9.17, 15) is 39.9 Å². The van der Waals surface area contributed by atoms with Crippen LogP contribution in [0.3, 0.4) is 0 Å². The van der Waals surface area contributed by atoms with Gasteiger partial charge in [0.05, 0.1) is 47.6 Å². The molecule has 17 atom stereocenters. The summed E-state index contributed by atoms with van der Waals surface area (Å²) in [4.78, 5) is 48.1. The van der Waals surface area contributed by atoms with Crippen LogP contribution in [0.25, 0.3) is 10.8 Å². The third kappa shape index (κ3) is 12.5. The highest BCUT2D eigenvalue weighted by Gasteiger charge is 2.52. The molecule has 1 aromatic heterocycles. The van der Waals surface area contributed by atoms with E-state index in [1.807, 2.05) is 50.2 Å². The van der Waals surface area contributed by atoms with Crippen molar-refractivity contribution in [1.82, 2.24) is 15.2 Å². The van der Waals surface area contributed by atoms with E-state index >= 15 is 0 Å². The summed E-state index contributed by atoms with van der Waals surface area (Å²) in [6.45, 7) is 12.6. The Balaban J connectivity index is 1.46. The van der Waals surface area contributed by atoms with E-state index in [-0.39, 0.29) is 56.7 Å². The number of esters is 1. The quantitative estimate of drug-likeness (QED) is 0.168. The number of aromatic nitrogens is 1. The molecule has 3 fully saturated rings. The van der Waals surface area contributed by atoms with Crippen LogP contribution in [0.4, 0.5) is 0 Å². The first kappa shape index (κ1) is 52.8. The predicted octanol–water partition coefficient (Wildman–Crippen LogP) is 2.82. The second kappa shape index (κ2) is 21.8. The van der Waals surface area contributed by atoms with E-state index in [1.54, 1.807) is 40.1 Å². The number of hydrogen-bond acceptors (Lipinski definition) is 16. The number of ketones is 1. The molecule has 1 amide bonds. The van der Waals surface area contributed by atoms with Gasteiger partial charge < -0.3 is 64.2 Å². The zero-order valence-corrected chi connectivity index (χ0v) is 40.0. The van der Waals surface area contributed by atoms with Gasteiger partial charge in [-0.15, -0.1) is 0 Å². The van der Waals surface area contributed by atoms with E-state index < -0.39 is 102 Å². The monoisotopic (exact) mass is 918 g/mol. The van der Waals surface area contributed by atoms with Crippen molar-refractivity contribution in [1.29, 1.82) is 0 Å². The number of carbonyl (C=O) groups excluding carboxylic acids is 3. The number of methoxy groups -OCH3 is 1. The number of rotatable bonds is 12. The first-order valence-electron chi connectivity index (χ1n) is 23.0. The second-order valence-corrected chi connectivity index (χ2v) is 19.7. The summed E-state index contributed by atoms with van der Waals surface area (Å²) in [6.07, 6.45) is -7.06. The lowest BCUT2D eigenvalue weighted by Crippen LogP contribution is -2.59. The third-order valence-electron chi connectivity index (χ3n) is 14.2. The summed E-state index contributed by atoms with van der Waals surface area (Å²) in [6, 6.07) is 7.40. The second-order valence-electron chi connectivity index (χ2n) is 19.7. The molecule has 3 saturated heterocycles. The molecule has 366 valence electrons. The summed E-state index contributed by atoms with van der Waals surface area (Å²) < 4.78 is 37.3. The number of aryl methyl sites for hydroxylation is 1. The van der Waals surface area contributed by atoms with Crippen LogP contribution in [0, 0.1) is 17.8 Å². The number of amides is 1. The van der Waals surface area contributed by atoms with Gasteiger partial charge in [0.15, 0.2) is 12.6 Å². The van der Waals surface area contributed by atoms with Gasteiger partial charge in [0, 0.05) is 75.0 Å². The fraction of sp³-hybridized carbons (Fsp3) is 0.750. The van der Waals surface area contributed by atoms with Crippen LogP contribution in [0.5, 0.6) is 0 Å². The van der Waals surface area contributed by atoms with Crippen LogP contribution in [-0.2, 0) is 49.2 Å². The molecule has 0 aliphatic carbocycles. The number of Topliss-reactive ketones (excluding diaryl/α,β-unsaturated/α-hetero) is 1. The predicted molar refractivity (Wildman–Crippen MR) is 239 cm³/mol. The van der Waals surface area contributed by atoms with Crippen LogP contribution < -0.4 is 5.32 Å². The Kier molecular flexibility index (Phi) is 17.7. The zero-order chi connectivity index (χ0) is 48.2. The van der Waals surface area contributed by atoms with E-state index in [2.05, 4.69) is 10.3 Å². The standard InChI is InChI=1S/C48H75N3O14/c1-26-22-46(6,58)37(65-45-41(54)34(51(9)10)20-27(2)61-45)21-35(63-39-23-47(7,60-11)43(56)30(5)62-39)28(3)44(57)64-36(48(8,59)42(55)29(4)40(26)53)18-19-50-38(52)17-16-32-25-49-24-31-14-12-13-15-33(31)32/h12-15,24-30,34-37,39,41-43,45,54-56,58-59H,16-23H2,1-11H3,(H,50,52)/t26-,27?,28-,29+,30?,34?,35+,36-,37-,39?,41?,42-,43?,45?,46-,47?,48-/m1/s1. The first-order chi connectivity index (χ1) is 30.4. The van der Waals surface area contributed by atoms with Crippen LogP contribution in [0.15, 0.2) is 36.7 Å². The fourth-order valence-corrected chi connectivity index (χ4v) is 9.73. The minimum absolute atomic E-state index is 0.0470. The Morgan fingerprint density at radius 1 is 0.923 bits per heavy atom. The number of carbonyl (C=O) groups is 3. The van der Waals surface area contributed by atoms with Gasteiger partial charge in [0.1, 0.15) is 29.7 Å². The normalized spacial score (nSPS) is 40.3. The molecule has 1 aromatic carbocycles. The maximum atomic E-state index is 14.5. The van der Waals surface area contributed by atoms with Crippen molar-refractivity contribution in [3.05, 3.63) is 42.2 Å². The van der Waals surface area contributed by atoms with E-state index in [1.165, 1.54) is 27.9 Å². The van der Waals surface area contributed by atoms with Gasteiger partial charge >= 0.3 is 5.97 Å². The molecule has 5 rings (SSSR count). The first-order valence-corrected chi connectivity index (χ1v) is 23.0. The van der Waals surface area contributed by atoms with E-state index in [4.69, 9.17) is 28.4 Å². The van der Waals surface area contributed by atoms with Crippen LogP contribution in [0.1, 0.15) is 99.5 Å². The number of hydrogen-bond donors (Lipinski definition) is 6. The molecule has 3 aliphatic heterocycles. The Morgan fingerprint density at radius 3 is 2.29 bits per heavy atom. The SMILES string of the molecule is COC1(C)CC(O[C@H]2C[C@@H](OC3OC(C)CC(N(C)C)C3O)[C@](C)(O)C[C@@H](C)C(=O)[C@H](C)[C@@H](O)[C@](C)(O)[C@@H](CCNC(=O)CCc3cncc4ccccc34)OC(=O)[C@@H]2C)OC(C)C1O. The average molecular weight is 918 g/mol. The summed E-state index contributed by atoms with van der Waals surface area (Å²) in [7, 11) is 5.13. The minimum atomic E-state index is -2.20. The molecule has 6 N–H and O–H groups in total. The highest BCUT2D eigenvalue weighted by molar-refractivity contribution is 5.85. The van der Waals surface area contributed by atoms with Crippen molar-refractivity contribution in [2.45, 2.75) is 185 Å². The number of fused-ring (bicyclic) bond motifs is 1. The van der Waals surface area contributed by atoms with Gasteiger partial charge in [-0.1, -0.05) is 38.1 Å². The number of nitrogens with zero attached hydrogens (tertiary/aromatic N) is 2.